The zero-order chi connectivity index (χ0) is 18.7. The minimum absolute atomic E-state index is 0.119. The van der Waals surface area contributed by atoms with E-state index in [0.29, 0.717) is 5.95 Å². The van der Waals surface area contributed by atoms with Gasteiger partial charge in [0.2, 0.25) is 5.95 Å². The van der Waals surface area contributed by atoms with Crippen molar-refractivity contribution in [2.75, 3.05) is 10.6 Å². The number of nitrogens with zero attached hydrogens (tertiary/aromatic N) is 2. The van der Waals surface area contributed by atoms with Crippen LogP contribution in [0.2, 0.25) is 0 Å². The van der Waals surface area contributed by atoms with E-state index in [2.05, 4.69) is 80.6 Å². The summed E-state index contributed by atoms with van der Waals surface area (Å²) in [5.41, 5.74) is 5.29. The van der Waals surface area contributed by atoms with Crippen LogP contribution in [0, 0.1) is 13.8 Å². The molecule has 134 valence electrons. The van der Waals surface area contributed by atoms with Gasteiger partial charge in [0.25, 0.3) is 0 Å². The Morgan fingerprint density at radius 1 is 0.846 bits per heavy atom. The zero-order valence-electron chi connectivity index (χ0n) is 16.1. The lowest BCUT2D eigenvalue weighted by atomic mass is 10.1. The van der Waals surface area contributed by atoms with Crippen molar-refractivity contribution in [2.45, 2.75) is 40.2 Å². The van der Waals surface area contributed by atoms with Crippen LogP contribution in [0.4, 0.5) is 17.5 Å². The first-order chi connectivity index (χ1) is 12.3. The van der Waals surface area contributed by atoms with Gasteiger partial charge in [-0.25, -0.2) is 4.98 Å². The molecule has 0 aliphatic rings. The van der Waals surface area contributed by atoms with Gasteiger partial charge in [0.05, 0.1) is 5.69 Å². The second kappa shape index (κ2) is 7.16. The Kier molecular flexibility index (Phi) is 4.94. The third kappa shape index (κ3) is 4.60. The van der Waals surface area contributed by atoms with Crippen molar-refractivity contribution in [1.82, 2.24) is 9.97 Å². The highest BCUT2D eigenvalue weighted by Crippen LogP contribution is 2.26. The van der Waals surface area contributed by atoms with Crippen LogP contribution >= 0.6 is 0 Å². The molecule has 1 heterocycles. The van der Waals surface area contributed by atoms with Crippen LogP contribution in [0.5, 0.6) is 0 Å². The molecule has 0 unspecified atom stereocenters. The molecule has 1 aromatic heterocycles. The largest absolute Gasteiger partial charge is 0.350 e. The van der Waals surface area contributed by atoms with Crippen LogP contribution in [0.25, 0.3) is 11.3 Å². The first-order valence-corrected chi connectivity index (χ1v) is 8.87. The van der Waals surface area contributed by atoms with Crippen LogP contribution in [-0.4, -0.2) is 15.5 Å². The Balaban J connectivity index is 2.03. The quantitative estimate of drug-likeness (QED) is 0.635. The van der Waals surface area contributed by atoms with Gasteiger partial charge < -0.3 is 10.6 Å². The normalized spacial score (nSPS) is 11.3. The van der Waals surface area contributed by atoms with Crippen molar-refractivity contribution < 1.29 is 0 Å². The molecular weight excluding hydrogens is 320 g/mol. The van der Waals surface area contributed by atoms with E-state index in [-0.39, 0.29) is 5.54 Å². The molecule has 0 aliphatic carbocycles. The van der Waals surface area contributed by atoms with E-state index >= 15 is 0 Å². The highest BCUT2D eigenvalue weighted by molar-refractivity contribution is 5.68. The maximum Gasteiger partial charge on any atom is 0.225 e. The summed E-state index contributed by atoms with van der Waals surface area (Å²) in [5.74, 6) is 1.39. The lowest BCUT2D eigenvalue weighted by molar-refractivity contribution is 0.626. The van der Waals surface area contributed by atoms with Gasteiger partial charge in [-0.3, -0.25) is 0 Å². The molecule has 3 rings (SSSR count). The second-order valence-electron chi connectivity index (χ2n) is 7.65. The van der Waals surface area contributed by atoms with Crippen LogP contribution < -0.4 is 10.6 Å². The van der Waals surface area contributed by atoms with E-state index in [1.54, 1.807) is 0 Å². The molecule has 26 heavy (non-hydrogen) atoms. The van der Waals surface area contributed by atoms with E-state index in [1.165, 1.54) is 11.1 Å². The molecule has 2 N–H and O–H groups in total. The summed E-state index contributed by atoms with van der Waals surface area (Å²) in [6.45, 7) is 10.5. The number of hydrogen-bond acceptors (Lipinski definition) is 4. The van der Waals surface area contributed by atoms with E-state index in [0.717, 1.165) is 22.8 Å². The predicted molar refractivity (Wildman–Crippen MR) is 110 cm³/mol. The Bertz CT molecular complexity index is 896. The average molecular weight is 346 g/mol. The zero-order valence-corrected chi connectivity index (χ0v) is 16.1. The third-order valence-electron chi connectivity index (χ3n) is 3.94. The summed E-state index contributed by atoms with van der Waals surface area (Å²) in [6, 6.07) is 18.5. The highest BCUT2D eigenvalue weighted by atomic mass is 15.2. The number of anilines is 3. The van der Waals surface area contributed by atoms with E-state index in [9.17, 15) is 0 Å². The molecule has 3 aromatic rings. The molecule has 0 saturated heterocycles. The molecule has 0 amide bonds. The minimum Gasteiger partial charge on any atom is -0.350 e. The molecule has 0 atom stereocenters. The molecule has 0 aliphatic heterocycles. The molecule has 0 radical (unpaired) electrons. The van der Waals surface area contributed by atoms with Gasteiger partial charge in [0.1, 0.15) is 5.82 Å². The van der Waals surface area contributed by atoms with Crippen LogP contribution in [0.3, 0.4) is 0 Å². The lowest BCUT2D eigenvalue weighted by Crippen LogP contribution is -2.27. The van der Waals surface area contributed by atoms with Crippen LogP contribution in [-0.2, 0) is 0 Å². The van der Waals surface area contributed by atoms with Crippen molar-refractivity contribution in [3.05, 3.63) is 65.7 Å². The van der Waals surface area contributed by atoms with Gasteiger partial charge in [-0.2, -0.15) is 4.98 Å². The predicted octanol–water partition coefficient (Wildman–Crippen LogP) is 5.71. The van der Waals surface area contributed by atoms with Gasteiger partial charge >= 0.3 is 0 Å². The number of hydrogen-bond donors (Lipinski definition) is 2. The van der Waals surface area contributed by atoms with Crippen molar-refractivity contribution in [3.63, 3.8) is 0 Å². The molecule has 0 saturated carbocycles. The summed E-state index contributed by atoms with van der Waals surface area (Å²) < 4.78 is 0. The highest BCUT2D eigenvalue weighted by Gasteiger charge is 2.14. The number of rotatable bonds is 4. The summed E-state index contributed by atoms with van der Waals surface area (Å²) >= 11 is 0. The van der Waals surface area contributed by atoms with E-state index < -0.39 is 0 Å². The van der Waals surface area contributed by atoms with Crippen LogP contribution in [0.1, 0.15) is 31.9 Å². The summed E-state index contributed by atoms with van der Waals surface area (Å²) in [7, 11) is 0. The monoisotopic (exact) mass is 346 g/mol. The topological polar surface area (TPSA) is 49.8 Å². The van der Waals surface area contributed by atoms with Crippen molar-refractivity contribution in [1.29, 1.82) is 0 Å². The number of nitrogens with one attached hydrogen (secondary N) is 2. The van der Waals surface area contributed by atoms with Gasteiger partial charge in [0, 0.05) is 22.9 Å². The fraction of sp³-hybridized carbons (Fsp3) is 0.273. The summed E-state index contributed by atoms with van der Waals surface area (Å²) in [5, 5.41) is 6.84. The molecular formula is C22H26N4. The van der Waals surface area contributed by atoms with E-state index in [4.69, 9.17) is 4.98 Å². The fourth-order valence-corrected chi connectivity index (χ4v) is 2.67. The molecule has 4 nitrogen and oxygen atoms in total. The SMILES string of the molecule is Cc1ccc(C)c(Nc2cc(-c3ccccc3)nc(NC(C)(C)C)n2)c1. The van der Waals surface area contributed by atoms with Crippen molar-refractivity contribution >= 4 is 17.5 Å². The van der Waals surface area contributed by atoms with Crippen molar-refractivity contribution in [2.24, 2.45) is 0 Å². The Morgan fingerprint density at radius 2 is 1.58 bits per heavy atom. The molecule has 4 heteroatoms. The third-order valence-corrected chi connectivity index (χ3v) is 3.94. The first kappa shape index (κ1) is 17.9. The smallest absolute Gasteiger partial charge is 0.225 e. The Morgan fingerprint density at radius 3 is 2.27 bits per heavy atom. The second-order valence-corrected chi connectivity index (χ2v) is 7.65. The molecule has 2 aromatic carbocycles. The molecule has 0 spiro atoms. The van der Waals surface area contributed by atoms with Gasteiger partial charge in [-0.05, 0) is 51.8 Å². The molecule has 0 fully saturated rings. The van der Waals surface area contributed by atoms with Gasteiger partial charge in [-0.15, -0.1) is 0 Å². The first-order valence-electron chi connectivity index (χ1n) is 8.87. The number of aromatic nitrogens is 2. The van der Waals surface area contributed by atoms with Gasteiger partial charge in [0.15, 0.2) is 0 Å². The van der Waals surface area contributed by atoms with Crippen molar-refractivity contribution in [3.8, 4) is 11.3 Å². The van der Waals surface area contributed by atoms with E-state index in [1.807, 2.05) is 24.3 Å². The summed E-state index contributed by atoms with van der Waals surface area (Å²) in [6.07, 6.45) is 0. The maximum absolute atomic E-state index is 4.71. The standard InChI is InChI=1S/C22H26N4/c1-15-11-12-16(2)18(13-15)23-20-14-19(17-9-7-6-8-10-17)24-21(25-20)26-22(3,4)5/h6-14H,1-5H3,(H2,23,24,25,26). The average Bonchev–Trinajstić information content (AvgIpc) is 2.57. The Hall–Kier alpha value is -2.88. The summed E-state index contributed by atoms with van der Waals surface area (Å²) in [4.78, 5) is 9.39. The maximum atomic E-state index is 4.71. The fourth-order valence-electron chi connectivity index (χ4n) is 2.67. The Labute approximate surface area is 155 Å². The number of aryl methyl sites for hydroxylation is 2. The number of benzene rings is 2. The lowest BCUT2D eigenvalue weighted by Gasteiger charge is -2.21. The van der Waals surface area contributed by atoms with Crippen LogP contribution in [0.15, 0.2) is 54.6 Å². The minimum atomic E-state index is -0.119. The van der Waals surface area contributed by atoms with Gasteiger partial charge in [-0.1, -0.05) is 42.5 Å². The molecule has 0 bridgehead atoms.